The molecule has 1 aliphatic heterocycles. The maximum atomic E-state index is 5.20. The van der Waals surface area contributed by atoms with Crippen LogP contribution in [-0.2, 0) is 6.42 Å². The van der Waals surface area contributed by atoms with Crippen molar-refractivity contribution in [1.82, 2.24) is 10.3 Å². The van der Waals surface area contributed by atoms with E-state index >= 15 is 0 Å². The molecule has 1 aliphatic rings. The largest absolute Gasteiger partial charge is 0.497 e. The van der Waals surface area contributed by atoms with Gasteiger partial charge in [0.25, 0.3) is 0 Å². The molecule has 1 fully saturated rings. The molecule has 0 atom stereocenters. The number of piperidine rings is 1. The molecule has 0 saturated carbocycles. The van der Waals surface area contributed by atoms with Crippen LogP contribution < -0.4 is 10.1 Å². The average molecular weight is 302 g/mol. The predicted octanol–water partition coefficient (Wildman–Crippen LogP) is 3.52. The Bertz CT molecular complexity index is 585. The number of nitrogens with zero attached hydrogens (tertiary/aromatic N) is 1. The molecule has 1 saturated heterocycles. The van der Waals surface area contributed by atoms with Crippen LogP contribution in [0.1, 0.15) is 39.9 Å². The minimum Gasteiger partial charge on any atom is -0.497 e. The van der Waals surface area contributed by atoms with E-state index in [0.29, 0.717) is 5.92 Å². The van der Waals surface area contributed by atoms with Gasteiger partial charge in [0.15, 0.2) is 0 Å². The number of ether oxygens (including phenoxy) is 1. The summed E-state index contributed by atoms with van der Waals surface area (Å²) in [4.78, 5) is 6.29. The normalized spacial score (nSPS) is 16.1. The standard InChI is InChI=1S/C17H22N2OS/c1-12-17(14-7-9-18-10-8-14)21-16(19-12)11-13-3-5-15(20-2)6-4-13/h3-6,14,18H,7-11H2,1-2H3. The first-order valence-corrected chi connectivity index (χ1v) is 8.38. The summed E-state index contributed by atoms with van der Waals surface area (Å²) in [6.45, 7) is 4.43. The fourth-order valence-electron chi connectivity index (χ4n) is 2.92. The zero-order chi connectivity index (χ0) is 14.7. The first-order chi connectivity index (χ1) is 10.3. The van der Waals surface area contributed by atoms with Gasteiger partial charge in [-0.1, -0.05) is 12.1 Å². The lowest BCUT2D eigenvalue weighted by Crippen LogP contribution is -2.26. The van der Waals surface area contributed by atoms with Gasteiger partial charge in [0.1, 0.15) is 5.75 Å². The number of rotatable bonds is 4. The Morgan fingerprint density at radius 3 is 2.62 bits per heavy atom. The van der Waals surface area contributed by atoms with E-state index in [1.165, 1.54) is 34.0 Å². The van der Waals surface area contributed by atoms with Gasteiger partial charge in [-0.2, -0.15) is 0 Å². The Balaban J connectivity index is 1.73. The van der Waals surface area contributed by atoms with Gasteiger partial charge in [-0.3, -0.25) is 0 Å². The van der Waals surface area contributed by atoms with Crippen LogP contribution in [-0.4, -0.2) is 25.2 Å². The van der Waals surface area contributed by atoms with E-state index in [4.69, 9.17) is 9.72 Å². The lowest BCUT2D eigenvalue weighted by atomic mass is 9.96. The van der Waals surface area contributed by atoms with Crippen molar-refractivity contribution in [3.63, 3.8) is 0 Å². The van der Waals surface area contributed by atoms with Crippen molar-refractivity contribution < 1.29 is 4.74 Å². The quantitative estimate of drug-likeness (QED) is 0.938. The Morgan fingerprint density at radius 1 is 1.24 bits per heavy atom. The van der Waals surface area contributed by atoms with Gasteiger partial charge in [0, 0.05) is 11.3 Å². The number of benzene rings is 1. The van der Waals surface area contributed by atoms with Crippen molar-refractivity contribution in [3.05, 3.63) is 45.4 Å². The molecule has 1 N–H and O–H groups in total. The van der Waals surface area contributed by atoms with Gasteiger partial charge < -0.3 is 10.1 Å². The lowest BCUT2D eigenvalue weighted by molar-refractivity contribution is 0.414. The molecule has 4 heteroatoms. The summed E-state index contributed by atoms with van der Waals surface area (Å²) in [5, 5.41) is 4.66. The maximum absolute atomic E-state index is 5.20. The van der Waals surface area contributed by atoms with Gasteiger partial charge >= 0.3 is 0 Å². The second-order valence-electron chi connectivity index (χ2n) is 5.61. The molecule has 0 unspecified atom stereocenters. The fraction of sp³-hybridized carbons (Fsp3) is 0.471. The van der Waals surface area contributed by atoms with Crippen LogP contribution >= 0.6 is 11.3 Å². The summed E-state index contributed by atoms with van der Waals surface area (Å²) in [5.74, 6) is 1.61. The van der Waals surface area contributed by atoms with Crippen molar-refractivity contribution in [2.45, 2.75) is 32.1 Å². The van der Waals surface area contributed by atoms with E-state index in [1.807, 2.05) is 23.5 Å². The summed E-state index contributed by atoms with van der Waals surface area (Å²) >= 11 is 1.90. The third-order valence-electron chi connectivity index (χ3n) is 4.10. The van der Waals surface area contributed by atoms with Crippen LogP contribution in [0.5, 0.6) is 5.75 Å². The second-order valence-corrected chi connectivity index (χ2v) is 6.72. The van der Waals surface area contributed by atoms with Gasteiger partial charge in [-0.25, -0.2) is 4.98 Å². The third-order valence-corrected chi connectivity index (χ3v) is 5.42. The highest BCUT2D eigenvalue weighted by Crippen LogP contribution is 2.33. The number of aromatic nitrogens is 1. The van der Waals surface area contributed by atoms with E-state index in [0.717, 1.165) is 25.3 Å². The van der Waals surface area contributed by atoms with Crippen LogP contribution in [0.15, 0.2) is 24.3 Å². The summed E-state index contributed by atoms with van der Waals surface area (Å²) in [5.41, 5.74) is 2.52. The number of hydrogen-bond donors (Lipinski definition) is 1. The number of hydrogen-bond acceptors (Lipinski definition) is 4. The SMILES string of the molecule is COc1ccc(Cc2nc(C)c(C3CCNCC3)s2)cc1. The predicted molar refractivity (Wildman–Crippen MR) is 87.5 cm³/mol. The van der Waals surface area contributed by atoms with Crippen LogP contribution in [0.2, 0.25) is 0 Å². The zero-order valence-corrected chi connectivity index (χ0v) is 13.5. The first kappa shape index (κ1) is 14.5. The molecule has 2 heterocycles. The molecule has 3 nitrogen and oxygen atoms in total. The number of aryl methyl sites for hydroxylation is 1. The molecule has 1 aromatic heterocycles. The molecule has 0 spiro atoms. The Labute approximate surface area is 130 Å². The lowest BCUT2D eigenvalue weighted by Gasteiger charge is -2.21. The first-order valence-electron chi connectivity index (χ1n) is 7.56. The molecule has 0 bridgehead atoms. The molecule has 0 amide bonds. The number of nitrogens with one attached hydrogen (secondary N) is 1. The Hall–Kier alpha value is -1.39. The summed E-state index contributed by atoms with van der Waals surface area (Å²) in [6, 6.07) is 8.28. The Morgan fingerprint density at radius 2 is 1.95 bits per heavy atom. The Kier molecular flexibility index (Phi) is 4.56. The highest BCUT2D eigenvalue weighted by atomic mass is 32.1. The van der Waals surface area contributed by atoms with Gasteiger partial charge in [0.05, 0.1) is 17.8 Å². The second kappa shape index (κ2) is 6.58. The monoisotopic (exact) mass is 302 g/mol. The van der Waals surface area contributed by atoms with Crippen molar-refractivity contribution in [2.24, 2.45) is 0 Å². The van der Waals surface area contributed by atoms with Crippen molar-refractivity contribution in [3.8, 4) is 5.75 Å². The van der Waals surface area contributed by atoms with Gasteiger partial charge in [-0.15, -0.1) is 11.3 Å². The van der Waals surface area contributed by atoms with Crippen molar-refractivity contribution in [2.75, 3.05) is 20.2 Å². The van der Waals surface area contributed by atoms with Crippen LogP contribution in [0, 0.1) is 6.92 Å². The average Bonchev–Trinajstić information content (AvgIpc) is 2.89. The number of methoxy groups -OCH3 is 1. The van der Waals surface area contributed by atoms with E-state index in [-0.39, 0.29) is 0 Å². The summed E-state index contributed by atoms with van der Waals surface area (Å²) in [7, 11) is 1.70. The van der Waals surface area contributed by atoms with Crippen LogP contribution in [0.3, 0.4) is 0 Å². The maximum Gasteiger partial charge on any atom is 0.118 e. The van der Waals surface area contributed by atoms with Crippen molar-refractivity contribution >= 4 is 11.3 Å². The molecule has 0 aliphatic carbocycles. The molecule has 0 radical (unpaired) electrons. The molecule has 21 heavy (non-hydrogen) atoms. The topological polar surface area (TPSA) is 34.1 Å². The van der Waals surface area contributed by atoms with Crippen LogP contribution in [0.25, 0.3) is 0 Å². The van der Waals surface area contributed by atoms with E-state index in [2.05, 4.69) is 24.4 Å². The summed E-state index contributed by atoms with van der Waals surface area (Å²) in [6.07, 6.45) is 3.40. The van der Waals surface area contributed by atoms with E-state index < -0.39 is 0 Å². The molecular weight excluding hydrogens is 280 g/mol. The molecule has 3 rings (SSSR count). The molecule has 1 aromatic carbocycles. The number of thiazole rings is 1. The van der Waals surface area contributed by atoms with E-state index in [9.17, 15) is 0 Å². The van der Waals surface area contributed by atoms with Crippen LogP contribution in [0.4, 0.5) is 0 Å². The highest BCUT2D eigenvalue weighted by molar-refractivity contribution is 7.11. The minimum absolute atomic E-state index is 0.702. The zero-order valence-electron chi connectivity index (χ0n) is 12.7. The third kappa shape index (κ3) is 3.44. The fourth-order valence-corrected chi connectivity index (χ4v) is 4.19. The van der Waals surface area contributed by atoms with Gasteiger partial charge in [-0.05, 0) is 56.5 Å². The smallest absolute Gasteiger partial charge is 0.118 e. The molecular formula is C17H22N2OS. The highest BCUT2D eigenvalue weighted by Gasteiger charge is 2.20. The van der Waals surface area contributed by atoms with Crippen molar-refractivity contribution in [1.29, 1.82) is 0 Å². The van der Waals surface area contributed by atoms with E-state index in [1.54, 1.807) is 7.11 Å². The molecule has 112 valence electrons. The van der Waals surface area contributed by atoms with Gasteiger partial charge in [0.2, 0.25) is 0 Å². The molecule has 2 aromatic rings. The summed E-state index contributed by atoms with van der Waals surface area (Å²) < 4.78 is 5.20. The minimum atomic E-state index is 0.702.